The van der Waals surface area contributed by atoms with Crippen LogP contribution in [0.2, 0.25) is 5.02 Å². The third kappa shape index (κ3) is 4.91. The fraction of sp³-hybridized carbons (Fsp3) is 0.240. The van der Waals surface area contributed by atoms with Gasteiger partial charge in [0.05, 0.1) is 6.04 Å². The van der Waals surface area contributed by atoms with Gasteiger partial charge in [0.15, 0.2) is 23.7 Å². The first-order valence-electron chi connectivity index (χ1n) is 11.1. The number of halogens is 5. The molecule has 0 saturated carbocycles. The summed E-state index contributed by atoms with van der Waals surface area (Å²) in [7, 11) is 1.63. The van der Waals surface area contributed by atoms with Crippen LogP contribution in [0.5, 0.6) is 5.75 Å². The predicted octanol–water partition coefficient (Wildman–Crippen LogP) is 4.13. The van der Waals surface area contributed by atoms with Crippen molar-refractivity contribution in [1.82, 2.24) is 9.88 Å². The molecule has 37 heavy (non-hydrogen) atoms. The number of aldehydes is 1. The molecule has 3 aromatic rings. The minimum atomic E-state index is -1.12. The van der Waals surface area contributed by atoms with Crippen LogP contribution in [0.4, 0.5) is 23.2 Å². The molecule has 0 spiro atoms. The van der Waals surface area contributed by atoms with Gasteiger partial charge in [-0.2, -0.15) is 0 Å². The van der Waals surface area contributed by atoms with Crippen LogP contribution in [0.25, 0.3) is 0 Å². The van der Waals surface area contributed by atoms with E-state index in [9.17, 15) is 37.1 Å². The highest BCUT2D eigenvalue weighted by Crippen LogP contribution is 2.32. The Morgan fingerprint density at radius 2 is 1.89 bits per heavy atom. The lowest BCUT2D eigenvalue weighted by molar-refractivity contribution is 0.0946. The number of rotatable bonds is 5. The van der Waals surface area contributed by atoms with Gasteiger partial charge >= 0.3 is 0 Å². The van der Waals surface area contributed by atoms with Gasteiger partial charge < -0.3 is 19.9 Å². The highest BCUT2D eigenvalue weighted by molar-refractivity contribution is 6.30. The number of anilines is 1. The zero-order valence-corrected chi connectivity index (χ0v) is 20.1. The van der Waals surface area contributed by atoms with Crippen LogP contribution < -0.4 is 15.6 Å². The molecular formula is C25H20ClF4N3O4. The summed E-state index contributed by atoms with van der Waals surface area (Å²) in [6.45, 7) is -0.277. The van der Waals surface area contributed by atoms with Gasteiger partial charge in [0.25, 0.3) is 5.91 Å². The van der Waals surface area contributed by atoms with E-state index in [2.05, 4.69) is 5.32 Å². The summed E-state index contributed by atoms with van der Waals surface area (Å²) in [6, 6.07) is 3.56. The van der Waals surface area contributed by atoms with Gasteiger partial charge in [-0.3, -0.25) is 14.4 Å². The van der Waals surface area contributed by atoms with Gasteiger partial charge in [-0.05, 0) is 30.5 Å². The Bertz CT molecular complexity index is 1480. The van der Waals surface area contributed by atoms with E-state index in [-0.39, 0.29) is 30.5 Å². The van der Waals surface area contributed by atoms with Crippen molar-refractivity contribution >= 4 is 29.5 Å². The van der Waals surface area contributed by atoms with Gasteiger partial charge in [-0.15, -0.1) is 0 Å². The molecular weight excluding hydrogens is 518 g/mol. The van der Waals surface area contributed by atoms with E-state index < -0.39 is 63.5 Å². The summed E-state index contributed by atoms with van der Waals surface area (Å²) < 4.78 is 56.5. The maximum Gasteiger partial charge on any atom is 0.257 e. The number of likely N-dealkylation sites (N-methyl/N-ethyl adjacent to an activating group) is 1. The highest BCUT2D eigenvalue weighted by Gasteiger charge is 2.27. The summed E-state index contributed by atoms with van der Waals surface area (Å²) in [5.41, 5.74) is -1.20. The van der Waals surface area contributed by atoms with Crippen LogP contribution in [0, 0.1) is 23.3 Å². The number of aryl methyl sites for hydroxylation is 1. The van der Waals surface area contributed by atoms with Crippen LogP contribution in [0.15, 0.2) is 35.3 Å². The average Bonchev–Trinajstić information content (AvgIpc) is 3.02. The van der Waals surface area contributed by atoms with Crippen molar-refractivity contribution in [2.45, 2.75) is 25.4 Å². The molecule has 1 aromatic heterocycles. The number of carbonyl (C=O) groups is 2. The standard InChI is InChI=1S/C25H20ClF4N3O4/c1-32-9-14(4-2-12-6-17(28)18(29)7-19(12)32)33-10-15(23(35)24(36)20(33)11-34)25(37)31-8-13-3-5-16(27)21(26)22(13)30/h3,5-7,10-11,14,36H,2,4,8-9H2,1H3,(H,31,37). The SMILES string of the molecule is CN1CC(n2cc(C(=O)NCc3ccc(F)c(Cl)c3F)c(=O)c(O)c2C=O)CCc2cc(F)c(F)cc21. The maximum atomic E-state index is 14.2. The van der Waals surface area contributed by atoms with Crippen molar-refractivity contribution in [3.63, 3.8) is 0 Å². The maximum absolute atomic E-state index is 14.2. The van der Waals surface area contributed by atoms with Crippen molar-refractivity contribution < 1.29 is 32.3 Å². The van der Waals surface area contributed by atoms with E-state index in [1.54, 1.807) is 11.9 Å². The van der Waals surface area contributed by atoms with Crippen LogP contribution >= 0.6 is 11.6 Å². The molecule has 1 amide bonds. The molecule has 0 fully saturated rings. The minimum absolute atomic E-state index is 0.142. The second-order valence-electron chi connectivity index (χ2n) is 8.62. The van der Waals surface area contributed by atoms with E-state index in [0.29, 0.717) is 17.7 Å². The van der Waals surface area contributed by atoms with Gasteiger partial charge in [0.2, 0.25) is 5.43 Å². The number of benzene rings is 2. The number of hydrogen-bond donors (Lipinski definition) is 2. The van der Waals surface area contributed by atoms with Gasteiger partial charge in [0.1, 0.15) is 27.9 Å². The van der Waals surface area contributed by atoms with Crippen LogP contribution in [0.1, 0.15) is 44.4 Å². The van der Waals surface area contributed by atoms with Gasteiger partial charge in [-0.1, -0.05) is 17.7 Å². The summed E-state index contributed by atoms with van der Waals surface area (Å²) >= 11 is 5.55. The van der Waals surface area contributed by atoms with Gasteiger partial charge in [-0.25, -0.2) is 17.6 Å². The van der Waals surface area contributed by atoms with E-state index >= 15 is 0 Å². The highest BCUT2D eigenvalue weighted by atomic mass is 35.5. The third-order valence-electron chi connectivity index (χ3n) is 6.32. The Morgan fingerprint density at radius 1 is 1.19 bits per heavy atom. The van der Waals surface area contributed by atoms with E-state index in [1.165, 1.54) is 4.57 Å². The molecule has 1 unspecified atom stereocenters. The smallest absolute Gasteiger partial charge is 0.257 e. The number of nitrogens with one attached hydrogen (secondary N) is 1. The van der Waals surface area contributed by atoms with Crippen molar-refractivity contribution in [2.75, 3.05) is 18.5 Å². The topological polar surface area (TPSA) is 91.6 Å². The Kier molecular flexibility index (Phi) is 7.26. The molecule has 7 nitrogen and oxygen atoms in total. The summed E-state index contributed by atoms with van der Waals surface area (Å²) in [5, 5.41) is 12.0. The fourth-order valence-corrected chi connectivity index (χ4v) is 4.56. The molecule has 0 bridgehead atoms. The number of fused-ring (bicyclic) bond motifs is 1. The number of pyridine rings is 1. The molecule has 0 aliphatic carbocycles. The number of carbonyl (C=O) groups excluding carboxylic acids is 2. The van der Waals surface area contributed by atoms with Crippen molar-refractivity contribution in [3.8, 4) is 5.75 Å². The largest absolute Gasteiger partial charge is 0.503 e. The molecule has 2 N–H and O–H groups in total. The molecule has 0 radical (unpaired) electrons. The van der Waals surface area contributed by atoms with Crippen molar-refractivity contribution in [1.29, 1.82) is 0 Å². The lowest BCUT2D eigenvalue weighted by Gasteiger charge is -2.27. The molecule has 12 heteroatoms. The average molecular weight is 538 g/mol. The third-order valence-corrected chi connectivity index (χ3v) is 6.66. The van der Waals surface area contributed by atoms with Crippen LogP contribution in [-0.2, 0) is 13.0 Å². The van der Waals surface area contributed by atoms with Crippen LogP contribution in [0.3, 0.4) is 0 Å². The summed E-state index contributed by atoms with van der Waals surface area (Å²) in [5.74, 6) is -6.02. The number of hydrogen-bond acceptors (Lipinski definition) is 5. The van der Waals surface area contributed by atoms with E-state index in [0.717, 1.165) is 30.5 Å². The molecule has 1 atom stereocenters. The van der Waals surface area contributed by atoms with E-state index in [1.807, 2.05) is 0 Å². The normalized spacial score (nSPS) is 15.2. The van der Waals surface area contributed by atoms with Crippen molar-refractivity contribution in [2.24, 2.45) is 0 Å². The second-order valence-corrected chi connectivity index (χ2v) is 8.99. The van der Waals surface area contributed by atoms with Crippen LogP contribution in [-0.4, -0.2) is 35.5 Å². The lowest BCUT2D eigenvalue weighted by Crippen LogP contribution is -2.33. The molecule has 4 rings (SSSR count). The monoisotopic (exact) mass is 537 g/mol. The zero-order chi connectivity index (χ0) is 27.0. The first-order valence-corrected chi connectivity index (χ1v) is 11.4. The Hall–Kier alpha value is -3.86. The molecule has 0 saturated heterocycles. The number of aromatic hydroxyl groups is 1. The summed E-state index contributed by atoms with van der Waals surface area (Å²) in [6.07, 6.45) is 1.95. The minimum Gasteiger partial charge on any atom is -0.503 e. The fourth-order valence-electron chi connectivity index (χ4n) is 4.38. The van der Waals surface area contributed by atoms with Gasteiger partial charge in [0, 0.05) is 43.7 Å². The number of nitrogens with zero attached hydrogens (tertiary/aromatic N) is 2. The Labute approximate surface area is 212 Å². The first-order chi connectivity index (χ1) is 17.5. The molecule has 1 aliphatic rings. The quantitative estimate of drug-likeness (QED) is 0.290. The molecule has 1 aliphatic heterocycles. The zero-order valence-electron chi connectivity index (χ0n) is 19.3. The Morgan fingerprint density at radius 3 is 2.59 bits per heavy atom. The lowest BCUT2D eigenvalue weighted by atomic mass is 10.0. The Balaban J connectivity index is 1.66. The van der Waals surface area contributed by atoms with E-state index in [4.69, 9.17) is 11.6 Å². The van der Waals surface area contributed by atoms with Crippen molar-refractivity contribution in [3.05, 3.63) is 91.4 Å². The second kappa shape index (κ2) is 10.3. The number of amides is 1. The molecule has 2 aromatic carbocycles. The first kappa shape index (κ1) is 26.2. The number of aromatic nitrogens is 1. The molecule has 194 valence electrons. The summed E-state index contributed by atoms with van der Waals surface area (Å²) in [4.78, 5) is 38.9. The predicted molar refractivity (Wildman–Crippen MR) is 127 cm³/mol. The molecule has 2 heterocycles.